The minimum Gasteiger partial charge on any atom is -0.483 e. The highest BCUT2D eigenvalue weighted by Crippen LogP contribution is 2.28. The first kappa shape index (κ1) is 15.0. The number of nitrogens with one attached hydrogen (secondary N) is 1. The highest BCUT2D eigenvalue weighted by molar-refractivity contribution is 9.10. The van der Waals surface area contributed by atoms with E-state index in [-0.39, 0.29) is 6.61 Å². The Hall–Kier alpha value is -1.07. The van der Waals surface area contributed by atoms with E-state index in [0.717, 1.165) is 21.3 Å². The molecular formula is C13H19BrN2O2. The van der Waals surface area contributed by atoms with Gasteiger partial charge in [-0.1, -0.05) is 29.8 Å². The number of primary amides is 1. The Morgan fingerprint density at radius 1 is 1.50 bits per heavy atom. The van der Waals surface area contributed by atoms with Crippen molar-refractivity contribution < 1.29 is 9.53 Å². The van der Waals surface area contributed by atoms with Crippen LogP contribution in [-0.4, -0.2) is 18.6 Å². The van der Waals surface area contributed by atoms with Gasteiger partial charge in [-0.05, 0) is 24.6 Å². The topological polar surface area (TPSA) is 64.3 Å². The van der Waals surface area contributed by atoms with Gasteiger partial charge in [0.05, 0.1) is 0 Å². The van der Waals surface area contributed by atoms with E-state index in [0.29, 0.717) is 12.6 Å². The van der Waals surface area contributed by atoms with Crippen molar-refractivity contribution in [2.75, 3.05) is 6.61 Å². The van der Waals surface area contributed by atoms with Crippen molar-refractivity contribution >= 4 is 21.8 Å². The van der Waals surface area contributed by atoms with Gasteiger partial charge >= 0.3 is 0 Å². The van der Waals surface area contributed by atoms with Crippen LogP contribution in [0.5, 0.6) is 5.75 Å². The van der Waals surface area contributed by atoms with Crippen molar-refractivity contribution in [2.24, 2.45) is 5.73 Å². The molecule has 1 aromatic rings. The predicted molar refractivity (Wildman–Crippen MR) is 75.5 cm³/mol. The molecule has 0 aliphatic rings. The summed E-state index contributed by atoms with van der Waals surface area (Å²) in [5.74, 6) is 0.255. The van der Waals surface area contributed by atoms with Crippen LogP contribution in [0.15, 0.2) is 16.6 Å². The predicted octanol–water partition coefficient (Wildman–Crippen LogP) is 2.12. The maximum absolute atomic E-state index is 10.8. The van der Waals surface area contributed by atoms with E-state index >= 15 is 0 Å². The fourth-order valence-corrected chi connectivity index (χ4v) is 2.21. The second kappa shape index (κ2) is 6.75. The maximum atomic E-state index is 10.8. The van der Waals surface area contributed by atoms with Gasteiger partial charge in [0.15, 0.2) is 6.61 Å². The SMILES string of the molecule is Cc1cc(Br)cc(CNC(C)C)c1OCC(N)=O. The van der Waals surface area contributed by atoms with Crippen LogP contribution in [-0.2, 0) is 11.3 Å². The zero-order valence-electron chi connectivity index (χ0n) is 10.9. The molecule has 0 spiro atoms. The van der Waals surface area contributed by atoms with Crippen molar-refractivity contribution in [1.82, 2.24) is 5.32 Å². The van der Waals surface area contributed by atoms with Crippen LogP contribution >= 0.6 is 15.9 Å². The van der Waals surface area contributed by atoms with Crippen molar-refractivity contribution in [1.29, 1.82) is 0 Å². The Morgan fingerprint density at radius 3 is 2.72 bits per heavy atom. The van der Waals surface area contributed by atoms with Gasteiger partial charge in [-0.2, -0.15) is 0 Å². The van der Waals surface area contributed by atoms with Crippen LogP contribution < -0.4 is 15.8 Å². The van der Waals surface area contributed by atoms with Gasteiger partial charge < -0.3 is 15.8 Å². The normalized spacial score (nSPS) is 10.7. The summed E-state index contributed by atoms with van der Waals surface area (Å²) >= 11 is 3.46. The van der Waals surface area contributed by atoms with Gasteiger partial charge in [-0.15, -0.1) is 0 Å². The van der Waals surface area contributed by atoms with Crippen molar-refractivity contribution in [3.05, 3.63) is 27.7 Å². The molecule has 0 radical (unpaired) electrons. The van der Waals surface area contributed by atoms with E-state index in [1.807, 2.05) is 19.1 Å². The molecule has 0 aliphatic carbocycles. The highest BCUT2D eigenvalue weighted by atomic mass is 79.9. The zero-order chi connectivity index (χ0) is 13.7. The lowest BCUT2D eigenvalue weighted by atomic mass is 10.1. The summed E-state index contributed by atoms with van der Waals surface area (Å²) in [5.41, 5.74) is 7.09. The number of hydrogen-bond acceptors (Lipinski definition) is 3. The lowest BCUT2D eigenvalue weighted by molar-refractivity contribution is -0.119. The van der Waals surface area contributed by atoms with Crippen LogP contribution in [0.4, 0.5) is 0 Å². The molecule has 1 rings (SSSR count). The number of ether oxygens (including phenoxy) is 1. The summed E-state index contributed by atoms with van der Waals surface area (Å²) < 4.78 is 6.47. The third kappa shape index (κ3) is 4.66. The minimum atomic E-state index is -0.472. The molecule has 0 unspecified atom stereocenters. The van der Waals surface area contributed by atoms with Gasteiger partial charge in [0.25, 0.3) is 5.91 Å². The molecule has 0 atom stereocenters. The lowest BCUT2D eigenvalue weighted by Crippen LogP contribution is -2.24. The van der Waals surface area contributed by atoms with Crippen LogP contribution in [0.1, 0.15) is 25.0 Å². The largest absolute Gasteiger partial charge is 0.483 e. The van der Waals surface area contributed by atoms with Crippen LogP contribution in [0, 0.1) is 6.92 Å². The second-order valence-electron chi connectivity index (χ2n) is 4.50. The third-order valence-electron chi connectivity index (χ3n) is 2.38. The molecule has 18 heavy (non-hydrogen) atoms. The molecule has 0 aromatic heterocycles. The van der Waals surface area contributed by atoms with Gasteiger partial charge in [0, 0.05) is 22.6 Å². The number of benzene rings is 1. The monoisotopic (exact) mass is 314 g/mol. The lowest BCUT2D eigenvalue weighted by Gasteiger charge is -2.16. The summed E-state index contributed by atoms with van der Waals surface area (Å²) in [6.07, 6.45) is 0. The first-order chi connectivity index (χ1) is 8.40. The van der Waals surface area contributed by atoms with Gasteiger partial charge in [-0.3, -0.25) is 4.79 Å². The maximum Gasteiger partial charge on any atom is 0.255 e. The van der Waals surface area contributed by atoms with Crippen LogP contribution in [0.25, 0.3) is 0 Å². The van der Waals surface area contributed by atoms with E-state index in [9.17, 15) is 4.79 Å². The third-order valence-corrected chi connectivity index (χ3v) is 2.83. The Bertz CT molecular complexity index is 433. The van der Waals surface area contributed by atoms with Crippen LogP contribution in [0.2, 0.25) is 0 Å². The molecule has 0 saturated heterocycles. The number of halogens is 1. The van der Waals surface area contributed by atoms with Gasteiger partial charge in [0.2, 0.25) is 0 Å². The van der Waals surface area contributed by atoms with Crippen molar-refractivity contribution in [3.8, 4) is 5.75 Å². The van der Waals surface area contributed by atoms with Crippen molar-refractivity contribution in [2.45, 2.75) is 33.4 Å². The fraction of sp³-hybridized carbons (Fsp3) is 0.462. The molecule has 0 aliphatic heterocycles. The standard InChI is InChI=1S/C13H19BrN2O2/c1-8(2)16-6-10-5-11(14)4-9(3)13(10)18-7-12(15)17/h4-5,8,16H,6-7H2,1-3H3,(H2,15,17). The number of hydrogen-bond donors (Lipinski definition) is 2. The fourth-order valence-electron chi connectivity index (χ4n) is 1.59. The number of nitrogens with two attached hydrogens (primary N) is 1. The molecule has 0 bridgehead atoms. The summed E-state index contributed by atoms with van der Waals surface area (Å²) in [6, 6.07) is 4.32. The average Bonchev–Trinajstić information content (AvgIpc) is 2.24. The summed E-state index contributed by atoms with van der Waals surface area (Å²) in [4.78, 5) is 10.8. The smallest absolute Gasteiger partial charge is 0.255 e. The molecule has 3 N–H and O–H groups in total. The molecule has 5 heteroatoms. The van der Waals surface area contributed by atoms with E-state index in [2.05, 4.69) is 35.1 Å². The number of aryl methyl sites for hydroxylation is 1. The number of amides is 1. The Balaban J connectivity index is 2.93. The minimum absolute atomic E-state index is 0.100. The summed E-state index contributed by atoms with van der Waals surface area (Å²) in [7, 11) is 0. The average molecular weight is 315 g/mol. The molecule has 100 valence electrons. The molecule has 0 fully saturated rings. The van der Waals surface area contributed by atoms with E-state index in [1.54, 1.807) is 0 Å². The highest BCUT2D eigenvalue weighted by Gasteiger charge is 2.10. The Kier molecular flexibility index (Phi) is 5.62. The second-order valence-corrected chi connectivity index (χ2v) is 5.42. The summed E-state index contributed by atoms with van der Waals surface area (Å²) in [5, 5.41) is 3.33. The summed E-state index contributed by atoms with van der Waals surface area (Å²) in [6.45, 7) is 6.69. The van der Waals surface area contributed by atoms with E-state index in [4.69, 9.17) is 10.5 Å². The first-order valence-corrected chi connectivity index (χ1v) is 6.63. The van der Waals surface area contributed by atoms with Crippen LogP contribution in [0.3, 0.4) is 0 Å². The molecule has 1 amide bonds. The first-order valence-electron chi connectivity index (χ1n) is 5.83. The Labute approximate surface area is 116 Å². The number of rotatable bonds is 6. The quantitative estimate of drug-likeness (QED) is 0.845. The van der Waals surface area contributed by atoms with Gasteiger partial charge in [-0.25, -0.2) is 0 Å². The van der Waals surface area contributed by atoms with Crippen molar-refractivity contribution in [3.63, 3.8) is 0 Å². The molecular weight excluding hydrogens is 296 g/mol. The molecule has 1 aromatic carbocycles. The van der Waals surface area contributed by atoms with Gasteiger partial charge in [0.1, 0.15) is 5.75 Å². The molecule has 4 nitrogen and oxygen atoms in total. The zero-order valence-corrected chi connectivity index (χ0v) is 12.5. The van der Waals surface area contributed by atoms with E-state index < -0.39 is 5.91 Å². The molecule has 0 heterocycles. The number of carbonyl (C=O) groups is 1. The Morgan fingerprint density at radius 2 is 2.17 bits per heavy atom. The molecule has 0 saturated carbocycles. The number of carbonyl (C=O) groups excluding carboxylic acids is 1. The van der Waals surface area contributed by atoms with E-state index in [1.165, 1.54) is 0 Å².